The second-order valence-corrected chi connectivity index (χ2v) is 5.91. The van der Waals surface area contributed by atoms with Crippen molar-refractivity contribution in [2.45, 2.75) is 32.7 Å². The lowest BCUT2D eigenvalue weighted by molar-refractivity contribution is 0.248. The number of urea groups is 1. The topological polar surface area (TPSA) is 41.1 Å². The summed E-state index contributed by atoms with van der Waals surface area (Å²) in [5, 5.41) is 6.26. The number of amides is 2. The van der Waals surface area contributed by atoms with Crippen LogP contribution in [-0.2, 0) is 6.42 Å². The van der Waals surface area contributed by atoms with Gasteiger partial charge in [-0.15, -0.1) is 0 Å². The molecule has 0 fully saturated rings. The van der Waals surface area contributed by atoms with E-state index in [1.54, 1.807) is 0 Å². The summed E-state index contributed by atoms with van der Waals surface area (Å²) < 4.78 is 0. The van der Waals surface area contributed by atoms with Crippen LogP contribution >= 0.6 is 11.6 Å². The van der Waals surface area contributed by atoms with Crippen LogP contribution < -0.4 is 10.6 Å². The van der Waals surface area contributed by atoms with Gasteiger partial charge in [-0.05, 0) is 49.9 Å². The van der Waals surface area contributed by atoms with Crippen molar-refractivity contribution in [2.24, 2.45) is 0 Å². The van der Waals surface area contributed by atoms with Gasteiger partial charge in [0.15, 0.2) is 0 Å². The maximum atomic E-state index is 12.0. The van der Waals surface area contributed by atoms with E-state index in [4.69, 9.17) is 11.6 Å². The maximum Gasteiger partial charge on any atom is 0.319 e. The predicted octanol–water partition coefficient (Wildman–Crippen LogP) is 4.79. The van der Waals surface area contributed by atoms with Gasteiger partial charge in [0.05, 0.1) is 10.7 Å². The highest BCUT2D eigenvalue weighted by atomic mass is 35.5. The third-order valence-electron chi connectivity index (χ3n) is 3.46. The Bertz CT molecular complexity index is 628. The SMILES string of the molecule is Cc1ccc(NC(=O)NC(C)CCc2ccccc2)c(Cl)c1. The van der Waals surface area contributed by atoms with Crippen molar-refractivity contribution in [1.82, 2.24) is 5.32 Å². The van der Waals surface area contributed by atoms with Crippen LogP contribution in [0.4, 0.5) is 10.5 Å². The first-order chi connectivity index (χ1) is 10.5. The summed E-state index contributed by atoms with van der Waals surface area (Å²) in [7, 11) is 0. The lowest BCUT2D eigenvalue weighted by Gasteiger charge is -2.15. The van der Waals surface area contributed by atoms with Gasteiger partial charge in [-0.2, -0.15) is 0 Å². The Morgan fingerprint density at radius 3 is 2.59 bits per heavy atom. The molecule has 22 heavy (non-hydrogen) atoms. The molecule has 0 aliphatic rings. The highest BCUT2D eigenvalue weighted by Crippen LogP contribution is 2.22. The molecule has 2 N–H and O–H groups in total. The zero-order chi connectivity index (χ0) is 15.9. The Morgan fingerprint density at radius 2 is 1.91 bits per heavy atom. The highest BCUT2D eigenvalue weighted by Gasteiger charge is 2.09. The van der Waals surface area contributed by atoms with Crippen LogP contribution in [0.1, 0.15) is 24.5 Å². The van der Waals surface area contributed by atoms with E-state index in [0.717, 1.165) is 18.4 Å². The van der Waals surface area contributed by atoms with Crippen LogP contribution in [0, 0.1) is 6.92 Å². The van der Waals surface area contributed by atoms with Crippen molar-refractivity contribution in [3.05, 3.63) is 64.7 Å². The van der Waals surface area contributed by atoms with E-state index in [9.17, 15) is 4.79 Å². The molecule has 2 amide bonds. The van der Waals surface area contributed by atoms with Gasteiger partial charge in [0, 0.05) is 6.04 Å². The number of anilines is 1. The van der Waals surface area contributed by atoms with Gasteiger partial charge in [-0.25, -0.2) is 4.79 Å². The summed E-state index contributed by atoms with van der Waals surface area (Å²) in [6.45, 7) is 3.96. The fourth-order valence-corrected chi connectivity index (χ4v) is 2.49. The molecule has 1 atom stereocenters. The number of halogens is 1. The average molecular weight is 317 g/mol. The average Bonchev–Trinajstić information content (AvgIpc) is 2.49. The molecule has 0 saturated heterocycles. The minimum atomic E-state index is -0.230. The molecule has 0 aliphatic heterocycles. The standard InChI is InChI=1S/C18H21ClN2O/c1-13-8-11-17(16(19)12-13)21-18(22)20-14(2)9-10-15-6-4-3-5-7-15/h3-8,11-12,14H,9-10H2,1-2H3,(H2,20,21,22). The molecule has 0 bridgehead atoms. The lowest BCUT2D eigenvalue weighted by atomic mass is 10.1. The second-order valence-electron chi connectivity index (χ2n) is 5.51. The van der Waals surface area contributed by atoms with Crippen molar-refractivity contribution in [3.8, 4) is 0 Å². The van der Waals surface area contributed by atoms with E-state index in [-0.39, 0.29) is 12.1 Å². The molecule has 2 aromatic carbocycles. The third kappa shape index (κ3) is 5.08. The number of nitrogens with one attached hydrogen (secondary N) is 2. The van der Waals surface area contributed by atoms with Crippen LogP contribution in [-0.4, -0.2) is 12.1 Å². The smallest absolute Gasteiger partial charge is 0.319 e. The fourth-order valence-electron chi connectivity index (χ4n) is 2.20. The molecule has 0 aromatic heterocycles. The molecule has 0 heterocycles. The number of rotatable bonds is 5. The molecule has 116 valence electrons. The van der Waals surface area contributed by atoms with Crippen molar-refractivity contribution in [3.63, 3.8) is 0 Å². The predicted molar refractivity (Wildman–Crippen MR) is 92.6 cm³/mol. The first-order valence-corrected chi connectivity index (χ1v) is 7.80. The Hall–Kier alpha value is -2.00. The number of hydrogen-bond donors (Lipinski definition) is 2. The van der Waals surface area contributed by atoms with Crippen LogP contribution in [0.15, 0.2) is 48.5 Å². The van der Waals surface area contributed by atoms with Gasteiger partial charge < -0.3 is 10.6 Å². The van der Waals surface area contributed by atoms with Gasteiger partial charge in [-0.1, -0.05) is 48.0 Å². The van der Waals surface area contributed by atoms with E-state index in [1.807, 2.05) is 50.2 Å². The molecule has 1 unspecified atom stereocenters. The van der Waals surface area contributed by atoms with Crippen molar-refractivity contribution < 1.29 is 4.79 Å². The van der Waals surface area contributed by atoms with Crippen LogP contribution in [0.5, 0.6) is 0 Å². The van der Waals surface area contributed by atoms with E-state index >= 15 is 0 Å². The number of benzene rings is 2. The van der Waals surface area contributed by atoms with Gasteiger partial charge >= 0.3 is 6.03 Å². The summed E-state index contributed by atoms with van der Waals surface area (Å²) >= 11 is 6.11. The van der Waals surface area contributed by atoms with Crippen LogP contribution in [0.3, 0.4) is 0 Å². The first-order valence-electron chi connectivity index (χ1n) is 7.42. The molecule has 0 spiro atoms. The van der Waals surface area contributed by atoms with Crippen molar-refractivity contribution >= 4 is 23.3 Å². The molecule has 0 radical (unpaired) electrons. The Morgan fingerprint density at radius 1 is 1.18 bits per heavy atom. The molecule has 2 aromatic rings. The zero-order valence-electron chi connectivity index (χ0n) is 12.9. The highest BCUT2D eigenvalue weighted by molar-refractivity contribution is 6.33. The summed E-state index contributed by atoms with van der Waals surface area (Å²) in [6.07, 6.45) is 1.83. The van der Waals surface area contributed by atoms with Gasteiger partial charge in [0.25, 0.3) is 0 Å². The molecular formula is C18H21ClN2O. The van der Waals surface area contributed by atoms with Gasteiger partial charge in [0.1, 0.15) is 0 Å². The van der Waals surface area contributed by atoms with E-state index < -0.39 is 0 Å². The second kappa shape index (κ2) is 7.85. The molecule has 2 rings (SSSR count). The van der Waals surface area contributed by atoms with Crippen molar-refractivity contribution in [2.75, 3.05) is 5.32 Å². The molecular weight excluding hydrogens is 296 g/mol. The molecule has 0 aliphatic carbocycles. The Balaban J connectivity index is 1.81. The summed E-state index contributed by atoms with van der Waals surface area (Å²) in [6, 6.07) is 15.7. The summed E-state index contributed by atoms with van der Waals surface area (Å²) in [4.78, 5) is 12.0. The van der Waals surface area contributed by atoms with E-state index in [2.05, 4.69) is 22.8 Å². The molecule has 0 saturated carbocycles. The summed E-state index contributed by atoms with van der Waals surface area (Å²) in [5.41, 5.74) is 2.96. The lowest BCUT2D eigenvalue weighted by Crippen LogP contribution is -2.36. The van der Waals surface area contributed by atoms with Crippen LogP contribution in [0.25, 0.3) is 0 Å². The quantitative estimate of drug-likeness (QED) is 0.818. The van der Waals surface area contributed by atoms with E-state index in [1.165, 1.54) is 5.56 Å². The first kappa shape index (κ1) is 16.4. The van der Waals surface area contributed by atoms with Crippen molar-refractivity contribution in [1.29, 1.82) is 0 Å². The number of hydrogen-bond acceptors (Lipinski definition) is 1. The Kier molecular flexibility index (Phi) is 5.84. The minimum absolute atomic E-state index is 0.0874. The third-order valence-corrected chi connectivity index (χ3v) is 3.77. The molecule has 4 heteroatoms. The zero-order valence-corrected chi connectivity index (χ0v) is 13.7. The van der Waals surface area contributed by atoms with Gasteiger partial charge in [-0.3, -0.25) is 0 Å². The summed E-state index contributed by atoms with van der Waals surface area (Å²) in [5.74, 6) is 0. The molecule has 3 nitrogen and oxygen atoms in total. The number of carbonyl (C=O) groups is 1. The van der Waals surface area contributed by atoms with E-state index in [0.29, 0.717) is 10.7 Å². The van der Waals surface area contributed by atoms with Crippen LogP contribution in [0.2, 0.25) is 5.02 Å². The monoisotopic (exact) mass is 316 g/mol. The normalized spacial score (nSPS) is 11.8. The minimum Gasteiger partial charge on any atom is -0.335 e. The number of aryl methyl sites for hydroxylation is 2. The largest absolute Gasteiger partial charge is 0.335 e. The fraction of sp³-hybridized carbons (Fsp3) is 0.278. The maximum absolute atomic E-state index is 12.0. The Labute approximate surface area is 136 Å². The van der Waals surface area contributed by atoms with Gasteiger partial charge in [0.2, 0.25) is 0 Å². The number of carbonyl (C=O) groups excluding carboxylic acids is 1.